The molecule has 1 aliphatic rings. The van der Waals surface area contributed by atoms with E-state index >= 15 is 0 Å². The smallest absolute Gasteiger partial charge is 0.226 e. The highest BCUT2D eigenvalue weighted by molar-refractivity contribution is 8.00. The zero-order valence-corrected chi connectivity index (χ0v) is 20.9. The van der Waals surface area contributed by atoms with Crippen molar-refractivity contribution < 1.29 is 14.3 Å². The highest BCUT2D eigenvalue weighted by Crippen LogP contribution is 2.40. The fourth-order valence-corrected chi connectivity index (χ4v) is 4.55. The number of halogens is 1. The molecule has 0 saturated heterocycles. The fourth-order valence-electron chi connectivity index (χ4n) is 3.34. The third kappa shape index (κ3) is 5.80. The van der Waals surface area contributed by atoms with E-state index in [1.165, 1.54) is 11.8 Å². The summed E-state index contributed by atoms with van der Waals surface area (Å²) in [5.74, 6) is 1.14. The lowest BCUT2D eigenvalue weighted by atomic mass is 10.1. The summed E-state index contributed by atoms with van der Waals surface area (Å²) < 4.78 is 7.95. The van der Waals surface area contributed by atoms with Crippen molar-refractivity contribution in [2.45, 2.75) is 56.7 Å². The number of anilines is 1. The van der Waals surface area contributed by atoms with E-state index in [9.17, 15) is 9.59 Å². The summed E-state index contributed by atoms with van der Waals surface area (Å²) in [4.78, 5) is 24.9. The van der Waals surface area contributed by atoms with Crippen LogP contribution in [-0.2, 0) is 11.4 Å². The van der Waals surface area contributed by atoms with Crippen LogP contribution in [0.15, 0.2) is 53.7 Å². The number of ketones is 1. The molecule has 0 spiro atoms. The maximum absolute atomic E-state index is 13.0. The first kappa shape index (κ1) is 24.3. The lowest BCUT2D eigenvalue weighted by molar-refractivity contribution is -0.118. The second-order valence-electron chi connectivity index (χ2n) is 8.56. The molecule has 1 aliphatic carbocycles. The van der Waals surface area contributed by atoms with Gasteiger partial charge in [-0.3, -0.25) is 14.2 Å². The van der Waals surface area contributed by atoms with Gasteiger partial charge in [0, 0.05) is 23.2 Å². The SMILES string of the molecule is CC(C)C(=O)Nc1ccc(C(=O)C(C)Sc2nnc(COc3ccccc3Cl)n2C2CC2)cc1. The Bertz CT molecular complexity index is 1180. The molecule has 1 atom stereocenters. The molecule has 1 fully saturated rings. The molecule has 0 radical (unpaired) electrons. The fraction of sp³-hybridized carbons (Fsp3) is 0.360. The van der Waals surface area contributed by atoms with Crippen molar-refractivity contribution in [3.8, 4) is 5.75 Å². The standard InChI is InChI=1S/C25H27ClN4O3S/c1-15(2)24(32)27-18-10-8-17(9-11-18)23(31)16(3)34-25-29-28-22(30(25)19-12-13-19)14-33-21-7-5-4-6-20(21)26/h4-11,15-16,19H,12-14H2,1-3H3,(H,27,32). The predicted molar refractivity (Wildman–Crippen MR) is 134 cm³/mol. The molecule has 0 bridgehead atoms. The largest absolute Gasteiger partial charge is 0.484 e. The van der Waals surface area contributed by atoms with Crippen LogP contribution in [-0.4, -0.2) is 31.7 Å². The Balaban J connectivity index is 1.42. The van der Waals surface area contributed by atoms with E-state index in [0.29, 0.717) is 33.2 Å². The van der Waals surface area contributed by atoms with Gasteiger partial charge in [-0.15, -0.1) is 10.2 Å². The second kappa shape index (κ2) is 10.6. The Morgan fingerprint density at radius 3 is 2.47 bits per heavy atom. The molecule has 1 N–H and O–H groups in total. The summed E-state index contributed by atoms with van der Waals surface area (Å²) in [6, 6.07) is 14.6. The predicted octanol–water partition coefficient (Wildman–Crippen LogP) is 5.80. The summed E-state index contributed by atoms with van der Waals surface area (Å²) >= 11 is 7.58. The van der Waals surface area contributed by atoms with Gasteiger partial charge in [-0.1, -0.05) is 49.3 Å². The molecular formula is C25H27ClN4O3S. The van der Waals surface area contributed by atoms with Crippen molar-refractivity contribution >= 4 is 40.7 Å². The normalized spacial score (nSPS) is 14.1. The van der Waals surface area contributed by atoms with Crippen LogP contribution in [0.2, 0.25) is 5.02 Å². The van der Waals surface area contributed by atoms with Gasteiger partial charge >= 0.3 is 0 Å². The number of carbonyl (C=O) groups excluding carboxylic acids is 2. The van der Waals surface area contributed by atoms with Gasteiger partial charge in [0.05, 0.1) is 10.3 Å². The van der Waals surface area contributed by atoms with Crippen molar-refractivity contribution in [3.63, 3.8) is 0 Å². The number of carbonyl (C=O) groups is 2. The highest BCUT2D eigenvalue weighted by Gasteiger charge is 2.31. The Labute approximate surface area is 208 Å². The van der Waals surface area contributed by atoms with Crippen LogP contribution in [0.5, 0.6) is 5.75 Å². The molecule has 4 rings (SSSR count). The molecule has 34 heavy (non-hydrogen) atoms. The number of para-hydroxylation sites is 1. The number of benzene rings is 2. The van der Waals surface area contributed by atoms with Crippen LogP contribution in [0.3, 0.4) is 0 Å². The highest BCUT2D eigenvalue weighted by atomic mass is 35.5. The Kier molecular flexibility index (Phi) is 7.58. The molecular weight excluding hydrogens is 472 g/mol. The van der Waals surface area contributed by atoms with E-state index in [4.69, 9.17) is 16.3 Å². The third-order valence-electron chi connectivity index (χ3n) is 5.45. The number of Topliss-reactive ketones (excluding diaryl/α,β-unsaturated/α-hetero) is 1. The van der Waals surface area contributed by atoms with E-state index in [2.05, 4.69) is 20.1 Å². The number of ether oxygens (including phenoxy) is 1. The molecule has 3 aromatic rings. The Morgan fingerprint density at radius 1 is 1.12 bits per heavy atom. The molecule has 9 heteroatoms. The van der Waals surface area contributed by atoms with Crippen molar-refractivity contribution in [2.24, 2.45) is 5.92 Å². The molecule has 1 amide bonds. The molecule has 0 aliphatic heterocycles. The number of nitrogens with one attached hydrogen (secondary N) is 1. The summed E-state index contributed by atoms with van der Waals surface area (Å²) in [5.41, 5.74) is 1.26. The van der Waals surface area contributed by atoms with E-state index < -0.39 is 0 Å². The van der Waals surface area contributed by atoms with E-state index in [1.807, 2.05) is 39.0 Å². The second-order valence-corrected chi connectivity index (χ2v) is 10.3. The maximum atomic E-state index is 13.0. The van der Waals surface area contributed by atoms with Crippen molar-refractivity contribution in [1.82, 2.24) is 14.8 Å². The third-order valence-corrected chi connectivity index (χ3v) is 6.82. The number of nitrogens with zero attached hydrogens (tertiary/aromatic N) is 3. The van der Waals surface area contributed by atoms with E-state index in [1.54, 1.807) is 30.3 Å². The van der Waals surface area contributed by atoms with Crippen LogP contribution in [0, 0.1) is 5.92 Å². The van der Waals surface area contributed by atoms with Gasteiger partial charge in [0.1, 0.15) is 12.4 Å². The van der Waals surface area contributed by atoms with Gasteiger partial charge in [-0.2, -0.15) is 0 Å². The van der Waals surface area contributed by atoms with E-state index in [0.717, 1.165) is 18.7 Å². The van der Waals surface area contributed by atoms with Crippen LogP contribution in [0.25, 0.3) is 0 Å². The molecule has 178 valence electrons. The van der Waals surface area contributed by atoms with Gasteiger partial charge < -0.3 is 10.1 Å². The zero-order chi connectivity index (χ0) is 24.2. The molecule has 1 unspecified atom stereocenters. The molecule has 2 aromatic carbocycles. The first-order valence-corrected chi connectivity index (χ1v) is 12.5. The summed E-state index contributed by atoms with van der Waals surface area (Å²) in [6.07, 6.45) is 2.10. The van der Waals surface area contributed by atoms with Crippen LogP contribution < -0.4 is 10.1 Å². The topological polar surface area (TPSA) is 86.1 Å². The summed E-state index contributed by atoms with van der Waals surface area (Å²) in [5, 5.41) is 12.4. The average molecular weight is 499 g/mol. The minimum Gasteiger partial charge on any atom is -0.484 e. The Hall–Kier alpha value is -2.84. The summed E-state index contributed by atoms with van der Waals surface area (Å²) in [7, 11) is 0. The quantitative estimate of drug-likeness (QED) is 0.280. The molecule has 7 nitrogen and oxygen atoms in total. The summed E-state index contributed by atoms with van der Waals surface area (Å²) in [6.45, 7) is 5.79. The van der Waals surface area contributed by atoms with Gasteiger partial charge in [0.25, 0.3) is 0 Å². The molecule has 1 heterocycles. The average Bonchev–Trinajstić information content (AvgIpc) is 3.59. The van der Waals surface area contributed by atoms with E-state index in [-0.39, 0.29) is 29.5 Å². The maximum Gasteiger partial charge on any atom is 0.226 e. The first-order valence-electron chi connectivity index (χ1n) is 11.3. The molecule has 1 aromatic heterocycles. The van der Waals surface area contributed by atoms with Crippen molar-refractivity contribution in [2.75, 3.05) is 5.32 Å². The Morgan fingerprint density at radius 2 is 1.82 bits per heavy atom. The minimum atomic E-state index is -0.352. The number of amides is 1. The van der Waals surface area contributed by atoms with Crippen molar-refractivity contribution in [1.29, 1.82) is 0 Å². The van der Waals surface area contributed by atoms with Crippen molar-refractivity contribution in [3.05, 3.63) is 64.9 Å². The van der Waals surface area contributed by atoms with Gasteiger partial charge in [0.2, 0.25) is 5.91 Å². The number of thioether (sulfide) groups is 1. The monoisotopic (exact) mass is 498 g/mol. The number of hydrogen-bond acceptors (Lipinski definition) is 6. The zero-order valence-electron chi connectivity index (χ0n) is 19.3. The molecule has 1 saturated carbocycles. The van der Waals surface area contributed by atoms with Crippen LogP contribution in [0.1, 0.15) is 55.8 Å². The van der Waals surface area contributed by atoms with Gasteiger partial charge in [-0.25, -0.2) is 0 Å². The lowest BCUT2D eigenvalue weighted by Gasteiger charge is -2.13. The lowest BCUT2D eigenvalue weighted by Crippen LogP contribution is -2.18. The number of rotatable bonds is 10. The minimum absolute atomic E-state index is 0.00838. The van der Waals surface area contributed by atoms with Gasteiger partial charge in [0.15, 0.2) is 16.8 Å². The first-order chi connectivity index (χ1) is 16.3. The number of aromatic nitrogens is 3. The van der Waals surface area contributed by atoms with Crippen LogP contribution in [0.4, 0.5) is 5.69 Å². The number of hydrogen-bond donors (Lipinski definition) is 1. The van der Waals surface area contributed by atoms with Crippen LogP contribution >= 0.6 is 23.4 Å². The van der Waals surface area contributed by atoms with Gasteiger partial charge in [-0.05, 0) is 56.2 Å².